The lowest BCUT2D eigenvalue weighted by atomic mass is 9.65. The number of hydrogen-bond acceptors (Lipinski definition) is 1. The van der Waals surface area contributed by atoms with Crippen molar-refractivity contribution in [2.75, 3.05) is 4.90 Å². The van der Waals surface area contributed by atoms with Crippen molar-refractivity contribution in [3.05, 3.63) is 360 Å². The first kappa shape index (κ1) is 47.4. The van der Waals surface area contributed by atoms with E-state index in [4.69, 9.17) is 0 Å². The van der Waals surface area contributed by atoms with E-state index in [1.807, 2.05) is 0 Å². The highest BCUT2D eigenvalue weighted by atomic mass is 15.2. The number of benzene rings is 14. The Morgan fingerprint density at radius 3 is 1.44 bits per heavy atom. The second-order valence-corrected chi connectivity index (χ2v) is 23.7. The minimum Gasteiger partial charge on any atom is -0.309 e. The quantitative estimate of drug-likeness (QED) is 0.161. The first-order chi connectivity index (χ1) is 42.7. The molecule has 1 unspecified atom stereocenters. The van der Waals surface area contributed by atoms with Gasteiger partial charge < -0.3 is 9.47 Å². The molecule has 0 saturated carbocycles. The molecular formula is C84H52N2. The summed E-state index contributed by atoms with van der Waals surface area (Å²) in [6, 6.07) is 119. The molecule has 1 aromatic heterocycles. The van der Waals surface area contributed by atoms with E-state index in [1.165, 1.54) is 144 Å². The van der Waals surface area contributed by atoms with Crippen LogP contribution in [0.3, 0.4) is 0 Å². The highest BCUT2D eigenvalue weighted by Crippen LogP contribution is 2.66. The molecule has 4 aliphatic rings. The molecule has 1 aliphatic heterocycles. The van der Waals surface area contributed by atoms with Crippen LogP contribution in [0, 0.1) is 0 Å². The fraction of sp³-hybridized carbons (Fsp3) is 0.0238. The van der Waals surface area contributed by atoms with E-state index in [2.05, 4.69) is 325 Å². The van der Waals surface area contributed by atoms with Crippen LogP contribution in [0.4, 0.5) is 17.1 Å². The molecular weight excluding hydrogens is 1040 g/mol. The second-order valence-electron chi connectivity index (χ2n) is 23.7. The van der Waals surface area contributed by atoms with Crippen molar-refractivity contribution in [3.8, 4) is 72.4 Å². The fourth-order valence-corrected chi connectivity index (χ4v) is 16.6. The molecule has 15 aromatic rings. The minimum absolute atomic E-state index is 0.516. The summed E-state index contributed by atoms with van der Waals surface area (Å²) in [5.41, 5.74) is 31.3. The zero-order valence-electron chi connectivity index (χ0n) is 46.9. The Kier molecular flexibility index (Phi) is 9.78. The van der Waals surface area contributed by atoms with Gasteiger partial charge in [0.15, 0.2) is 0 Å². The Morgan fingerprint density at radius 1 is 0.233 bits per heavy atom. The van der Waals surface area contributed by atoms with Gasteiger partial charge >= 0.3 is 0 Å². The average Bonchev–Trinajstić information content (AvgIpc) is 1.51. The normalized spacial score (nSPS) is 14.9. The van der Waals surface area contributed by atoms with Crippen molar-refractivity contribution in [1.82, 2.24) is 4.57 Å². The van der Waals surface area contributed by atoms with Crippen LogP contribution in [0.15, 0.2) is 315 Å². The standard InChI is InChI=1S/C84H52N2/c1-2-24-53(25-3-1)55-26-4-5-27-57(55)63-33-12-19-44-76(63)85(80-47-23-42-73-81(80)67-35-11-17-40-71(67)83(73)68-37-14-8-29-59(68)60-30-9-15-38-69(60)83)78-51-50-56(58-28-6-7-32-64(58)78)54-48-49-62-61-31-10-16-39-70(61)84(75(62)52-54)72-41-18-21-46-79(72)86-77-45-20-13-34-65(77)66-36-22-43-74(84)82(66)86/h1-52H. The van der Waals surface area contributed by atoms with Crippen LogP contribution in [-0.4, -0.2) is 4.57 Å². The van der Waals surface area contributed by atoms with Gasteiger partial charge in [-0.25, -0.2) is 0 Å². The predicted molar refractivity (Wildman–Crippen MR) is 356 cm³/mol. The van der Waals surface area contributed by atoms with E-state index < -0.39 is 10.8 Å². The van der Waals surface area contributed by atoms with Gasteiger partial charge in [-0.1, -0.05) is 279 Å². The zero-order valence-corrected chi connectivity index (χ0v) is 46.9. The fourth-order valence-electron chi connectivity index (χ4n) is 16.6. The Morgan fingerprint density at radius 2 is 0.709 bits per heavy atom. The molecule has 0 bridgehead atoms. The van der Waals surface area contributed by atoms with Gasteiger partial charge in [0.25, 0.3) is 0 Å². The lowest BCUT2D eigenvalue weighted by Crippen LogP contribution is -2.33. The molecule has 0 saturated heterocycles. The third kappa shape index (κ3) is 6.04. The van der Waals surface area contributed by atoms with Gasteiger partial charge in [-0.3, -0.25) is 0 Å². The molecule has 2 heterocycles. The van der Waals surface area contributed by atoms with E-state index in [1.54, 1.807) is 0 Å². The predicted octanol–water partition coefficient (Wildman–Crippen LogP) is 21.4. The molecule has 0 fully saturated rings. The molecule has 86 heavy (non-hydrogen) atoms. The van der Waals surface area contributed by atoms with Gasteiger partial charge in [0, 0.05) is 27.3 Å². The van der Waals surface area contributed by atoms with Crippen LogP contribution >= 0.6 is 0 Å². The lowest BCUT2D eigenvalue weighted by molar-refractivity contribution is 0.749. The van der Waals surface area contributed by atoms with Crippen LogP contribution in [0.25, 0.3) is 105 Å². The average molecular weight is 1090 g/mol. The summed E-state index contributed by atoms with van der Waals surface area (Å²) in [5, 5.41) is 4.92. The highest BCUT2D eigenvalue weighted by Gasteiger charge is 2.53. The summed E-state index contributed by atoms with van der Waals surface area (Å²) in [5.74, 6) is 0. The maximum Gasteiger partial charge on any atom is 0.0754 e. The molecule has 0 amide bonds. The number of aromatic nitrogens is 1. The van der Waals surface area contributed by atoms with Gasteiger partial charge in [0.05, 0.1) is 44.6 Å². The minimum atomic E-state index is -0.573. The van der Waals surface area contributed by atoms with E-state index >= 15 is 0 Å². The number of rotatable bonds is 6. The van der Waals surface area contributed by atoms with E-state index in [0.29, 0.717) is 0 Å². The molecule has 0 radical (unpaired) electrons. The Hall–Kier alpha value is -11.1. The molecule has 0 N–H and O–H groups in total. The molecule has 14 aromatic carbocycles. The van der Waals surface area contributed by atoms with Crippen molar-refractivity contribution in [2.45, 2.75) is 10.8 Å². The summed E-state index contributed by atoms with van der Waals surface area (Å²) >= 11 is 0. The molecule has 19 rings (SSSR count). The highest BCUT2D eigenvalue weighted by molar-refractivity contribution is 6.14. The summed E-state index contributed by atoms with van der Waals surface area (Å²) in [6.07, 6.45) is 0. The summed E-state index contributed by atoms with van der Waals surface area (Å²) < 4.78 is 2.54. The number of fused-ring (bicyclic) bond motifs is 23. The SMILES string of the molecule is c1ccc(-c2ccccc2-c2ccccc2N(c2cccc3c2-c2ccccc2C32c3ccccc3-c3ccccc32)c2ccc(-c3ccc4c(c3)C3(c5ccccc5-4)c4ccccc4-n4c5ccccc5c5cccc3c54)c3ccccc23)cc1. The van der Waals surface area contributed by atoms with Crippen molar-refractivity contribution < 1.29 is 0 Å². The van der Waals surface area contributed by atoms with Crippen LogP contribution in [0.2, 0.25) is 0 Å². The zero-order chi connectivity index (χ0) is 56.2. The smallest absolute Gasteiger partial charge is 0.0754 e. The summed E-state index contributed by atoms with van der Waals surface area (Å²) in [6.45, 7) is 0. The first-order valence-electron chi connectivity index (χ1n) is 30.1. The number of anilines is 3. The topological polar surface area (TPSA) is 8.17 Å². The van der Waals surface area contributed by atoms with Gasteiger partial charge in [-0.15, -0.1) is 0 Å². The Balaban J connectivity index is 0.872. The molecule has 1 atom stereocenters. The molecule has 2 nitrogen and oxygen atoms in total. The van der Waals surface area contributed by atoms with Gasteiger partial charge in [0.1, 0.15) is 0 Å². The van der Waals surface area contributed by atoms with Crippen LogP contribution in [0.5, 0.6) is 0 Å². The maximum absolute atomic E-state index is 2.61. The van der Waals surface area contributed by atoms with Crippen molar-refractivity contribution in [3.63, 3.8) is 0 Å². The Bertz CT molecular complexity index is 5340. The summed E-state index contributed by atoms with van der Waals surface area (Å²) in [4.78, 5) is 2.61. The van der Waals surface area contributed by atoms with Gasteiger partial charge in [-0.05, 0) is 142 Å². The van der Waals surface area contributed by atoms with E-state index in [0.717, 1.165) is 22.6 Å². The maximum atomic E-state index is 2.61. The van der Waals surface area contributed by atoms with Crippen molar-refractivity contribution in [2.24, 2.45) is 0 Å². The first-order valence-corrected chi connectivity index (χ1v) is 30.1. The van der Waals surface area contributed by atoms with Crippen LogP contribution in [-0.2, 0) is 10.8 Å². The number of para-hydroxylation sites is 4. The molecule has 2 heteroatoms. The van der Waals surface area contributed by atoms with Gasteiger partial charge in [-0.2, -0.15) is 0 Å². The molecule has 2 spiro atoms. The van der Waals surface area contributed by atoms with E-state index in [-0.39, 0.29) is 0 Å². The second kappa shape index (κ2) is 17.7. The molecule has 398 valence electrons. The monoisotopic (exact) mass is 1090 g/mol. The number of hydrogen-bond donors (Lipinski definition) is 0. The van der Waals surface area contributed by atoms with Gasteiger partial charge in [0.2, 0.25) is 0 Å². The van der Waals surface area contributed by atoms with Crippen molar-refractivity contribution in [1.29, 1.82) is 0 Å². The molecule has 3 aliphatic carbocycles. The largest absolute Gasteiger partial charge is 0.309 e. The van der Waals surface area contributed by atoms with E-state index in [9.17, 15) is 0 Å². The summed E-state index contributed by atoms with van der Waals surface area (Å²) in [7, 11) is 0. The Labute approximate surface area is 499 Å². The van der Waals surface area contributed by atoms with Crippen LogP contribution < -0.4 is 4.90 Å². The number of nitrogens with zero attached hydrogens (tertiary/aromatic N) is 2. The third-order valence-corrected chi connectivity index (χ3v) is 19.8. The lowest BCUT2D eigenvalue weighted by Gasteiger charge is -2.39. The van der Waals surface area contributed by atoms with Crippen molar-refractivity contribution >= 4 is 49.6 Å². The third-order valence-electron chi connectivity index (χ3n) is 19.8. The van der Waals surface area contributed by atoms with Crippen LogP contribution in [0.1, 0.15) is 44.5 Å².